The highest BCUT2D eigenvalue weighted by Gasteiger charge is 2.38. The molecule has 1 unspecified atom stereocenters. The van der Waals surface area contributed by atoms with E-state index in [0.717, 1.165) is 9.69 Å². The highest BCUT2D eigenvalue weighted by Crippen LogP contribution is 2.37. The number of carbonyl (C=O) groups is 2. The van der Waals surface area contributed by atoms with Crippen LogP contribution >= 0.6 is 11.9 Å². The number of benzene rings is 2. The smallest absolute Gasteiger partial charge is 0.346 e. The van der Waals surface area contributed by atoms with Crippen LogP contribution in [0, 0.1) is 12.3 Å². The zero-order valence-electron chi connectivity index (χ0n) is 19.5. The van der Waals surface area contributed by atoms with Gasteiger partial charge in [0.25, 0.3) is 0 Å². The SMILES string of the molecule is C#CCNC(=O)CNC(=O)CN(SC(F)(F)F)C1CCN(C(C)c2cccc3ccccc23)CC1. The van der Waals surface area contributed by atoms with E-state index in [1.807, 2.05) is 18.2 Å². The number of rotatable bonds is 9. The van der Waals surface area contributed by atoms with Crippen LogP contribution in [0.25, 0.3) is 10.8 Å². The van der Waals surface area contributed by atoms with Crippen LogP contribution in [0.15, 0.2) is 42.5 Å². The molecule has 0 aromatic heterocycles. The summed E-state index contributed by atoms with van der Waals surface area (Å²) >= 11 is -0.280. The molecular formula is C25H29F3N4O2S. The Morgan fingerprint density at radius 2 is 1.83 bits per heavy atom. The molecule has 2 aromatic rings. The fourth-order valence-electron chi connectivity index (χ4n) is 4.33. The summed E-state index contributed by atoms with van der Waals surface area (Å²) in [5.41, 5.74) is -3.33. The fourth-order valence-corrected chi connectivity index (χ4v) is 5.14. The number of hydrogen-bond donors (Lipinski definition) is 2. The molecule has 1 heterocycles. The first-order valence-electron chi connectivity index (χ1n) is 11.4. The van der Waals surface area contributed by atoms with Crippen molar-refractivity contribution in [3.05, 3.63) is 48.0 Å². The zero-order valence-corrected chi connectivity index (χ0v) is 20.3. The van der Waals surface area contributed by atoms with Crippen molar-refractivity contribution in [2.24, 2.45) is 0 Å². The van der Waals surface area contributed by atoms with Crippen LogP contribution in [0.3, 0.4) is 0 Å². The summed E-state index contributed by atoms with van der Waals surface area (Å²) in [7, 11) is 0. The lowest BCUT2D eigenvalue weighted by Gasteiger charge is -2.40. The van der Waals surface area contributed by atoms with Gasteiger partial charge in [0.2, 0.25) is 11.8 Å². The topological polar surface area (TPSA) is 64.7 Å². The van der Waals surface area contributed by atoms with Gasteiger partial charge < -0.3 is 10.6 Å². The number of nitrogens with zero attached hydrogens (tertiary/aromatic N) is 2. The van der Waals surface area contributed by atoms with E-state index >= 15 is 0 Å². The Balaban J connectivity index is 1.60. The third-order valence-corrected chi connectivity index (χ3v) is 6.95. The van der Waals surface area contributed by atoms with Gasteiger partial charge >= 0.3 is 5.51 Å². The van der Waals surface area contributed by atoms with Crippen LogP contribution in [0.5, 0.6) is 0 Å². The number of halogens is 3. The van der Waals surface area contributed by atoms with Crippen molar-refractivity contribution in [2.45, 2.75) is 37.4 Å². The Labute approximate surface area is 207 Å². The van der Waals surface area contributed by atoms with Crippen molar-refractivity contribution in [2.75, 3.05) is 32.7 Å². The predicted octanol–water partition coefficient (Wildman–Crippen LogP) is 3.70. The summed E-state index contributed by atoms with van der Waals surface area (Å²) in [5.74, 6) is 1.09. The molecule has 0 aliphatic carbocycles. The lowest BCUT2D eigenvalue weighted by Crippen LogP contribution is -2.47. The Morgan fingerprint density at radius 1 is 1.14 bits per heavy atom. The van der Waals surface area contributed by atoms with Gasteiger partial charge in [-0.15, -0.1) is 6.42 Å². The first kappa shape index (κ1) is 26.9. The quantitative estimate of drug-likeness (QED) is 0.401. The number of piperidine rings is 1. The Bertz CT molecular complexity index is 1060. The van der Waals surface area contributed by atoms with Gasteiger partial charge in [0.15, 0.2) is 0 Å². The largest absolute Gasteiger partial charge is 0.456 e. The first-order valence-corrected chi connectivity index (χ1v) is 12.2. The second-order valence-corrected chi connectivity index (χ2v) is 9.50. The maximum Gasteiger partial charge on any atom is 0.456 e. The molecule has 3 rings (SSSR count). The molecule has 188 valence electrons. The van der Waals surface area contributed by atoms with Gasteiger partial charge in [-0.3, -0.25) is 14.5 Å². The minimum atomic E-state index is -4.52. The van der Waals surface area contributed by atoms with Crippen LogP contribution in [-0.4, -0.2) is 65.3 Å². The summed E-state index contributed by atoms with van der Waals surface area (Å²) in [6, 6.07) is 14.0. The first-order chi connectivity index (χ1) is 16.7. The van der Waals surface area contributed by atoms with E-state index < -0.39 is 29.9 Å². The third kappa shape index (κ3) is 7.88. The van der Waals surface area contributed by atoms with Crippen molar-refractivity contribution in [3.8, 4) is 12.3 Å². The molecule has 1 fully saturated rings. The predicted molar refractivity (Wildman–Crippen MR) is 132 cm³/mol. The molecule has 6 nitrogen and oxygen atoms in total. The molecule has 2 N–H and O–H groups in total. The van der Waals surface area contributed by atoms with E-state index in [2.05, 4.69) is 52.6 Å². The molecule has 1 atom stereocenters. The van der Waals surface area contributed by atoms with Crippen molar-refractivity contribution < 1.29 is 22.8 Å². The minimum Gasteiger partial charge on any atom is -0.346 e. The van der Waals surface area contributed by atoms with Gasteiger partial charge in [-0.2, -0.15) is 13.2 Å². The number of likely N-dealkylation sites (tertiary alicyclic amines) is 1. The number of nitrogens with one attached hydrogen (secondary N) is 2. The minimum absolute atomic E-state index is 0.0144. The zero-order chi connectivity index (χ0) is 25.4. The van der Waals surface area contributed by atoms with Gasteiger partial charge in [-0.05, 0) is 36.1 Å². The number of alkyl halides is 3. The average Bonchev–Trinajstić information content (AvgIpc) is 2.84. The number of fused-ring (bicyclic) bond motifs is 1. The molecule has 0 bridgehead atoms. The van der Waals surface area contributed by atoms with Crippen LogP contribution in [0.2, 0.25) is 0 Å². The Hall–Kier alpha value is -2.74. The monoisotopic (exact) mass is 506 g/mol. The van der Waals surface area contributed by atoms with E-state index in [-0.39, 0.29) is 31.1 Å². The molecule has 0 radical (unpaired) electrons. The Morgan fingerprint density at radius 3 is 2.51 bits per heavy atom. The second kappa shape index (κ2) is 12.3. The van der Waals surface area contributed by atoms with E-state index in [1.54, 1.807) is 0 Å². The van der Waals surface area contributed by atoms with Crippen molar-refractivity contribution in [1.29, 1.82) is 0 Å². The number of hydrogen-bond acceptors (Lipinski definition) is 5. The molecule has 1 aliphatic heterocycles. The van der Waals surface area contributed by atoms with Gasteiger partial charge in [-0.25, -0.2) is 4.31 Å². The van der Waals surface area contributed by atoms with Crippen LogP contribution in [0.1, 0.15) is 31.4 Å². The molecule has 0 spiro atoms. The molecule has 2 amide bonds. The van der Waals surface area contributed by atoms with E-state index in [1.165, 1.54) is 10.9 Å². The maximum atomic E-state index is 13.2. The van der Waals surface area contributed by atoms with Gasteiger partial charge in [0.05, 0.1) is 19.6 Å². The van der Waals surface area contributed by atoms with Crippen molar-refractivity contribution in [3.63, 3.8) is 0 Å². The summed E-state index contributed by atoms with van der Waals surface area (Å²) < 4.78 is 40.8. The molecule has 1 saturated heterocycles. The third-order valence-electron chi connectivity index (χ3n) is 6.08. The molecule has 35 heavy (non-hydrogen) atoms. The highest BCUT2D eigenvalue weighted by molar-refractivity contribution is 7.97. The van der Waals surface area contributed by atoms with Crippen molar-refractivity contribution in [1.82, 2.24) is 19.8 Å². The highest BCUT2D eigenvalue weighted by atomic mass is 32.2. The van der Waals surface area contributed by atoms with Crippen molar-refractivity contribution >= 4 is 34.5 Å². The summed E-state index contributed by atoms with van der Waals surface area (Å²) in [6.45, 7) is 2.55. The standard InChI is InChI=1S/C25H29F3N4O2S/c1-3-13-29-23(33)16-30-24(34)17-32(35-25(26,27)28)20-11-14-31(15-12-20)18(2)21-10-6-8-19-7-4-5-9-22(19)21/h1,4-10,18,20H,11-17H2,2H3,(H,29,33)(H,30,34). The molecule has 0 saturated carbocycles. The summed E-state index contributed by atoms with van der Waals surface area (Å²) in [4.78, 5) is 26.1. The van der Waals surface area contributed by atoms with Crippen LogP contribution < -0.4 is 10.6 Å². The van der Waals surface area contributed by atoms with E-state index in [9.17, 15) is 22.8 Å². The summed E-state index contributed by atoms with van der Waals surface area (Å²) in [5, 5.41) is 7.07. The van der Waals surface area contributed by atoms with Gasteiger partial charge in [0, 0.05) is 37.1 Å². The van der Waals surface area contributed by atoms with Crippen LogP contribution in [0.4, 0.5) is 13.2 Å². The molecule has 2 aromatic carbocycles. The normalized spacial score (nSPS) is 16.1. The summed E-state index contributed by atoms with van der Waals surface area (Å²) in [6.07, 6.45) is 6.04. The molecule has 10 heteroatoms. The van der Waals surface area contributed by atoms with Gasteiger partial charge in [-0.1, -0.05) is 48.4 Å². The number of amides is 2. The maximum absolute atomic E-state index is 13.2. The lowest BCUT2D eigenvalue weighted by atomic mass is 9.96. The molecule has 1 aliphatic rings. The van der Waals surface area contributed by atoms with E-state index in [0.29, 0.717) is 25.9 Å². The Kier molecular flexibility index (Phi) is 9.43. The van der Waals surface area contributed by atoms with Gasteiger partial charge in [0.1, 0.15) is 0 Å². The molecular weight excluding hydrogens is 477 g/mol. The number of terminal acetylenes is 1. The van der Waals surface area contributed by atoms with E-state index in [4.69, 9.17) is 6.42 Å². The fraction of sp³-hybridized carbons (Fsp3) is 0.440. The second-order valence-electron chi connectivity index (χ2n) is 8.38. The number of carbonyl (C=O) groups excluding carboxylic acids is 2. The van der Waals surface area contributed by atoms with Crippen LogP contribution in [-0.2, 0) is 9.59 Å². The lowest BCUT2D eigenvalue weighted by molar-refractivity contribution is -0.126. The average molecular weight is 507 g/mol.